The lowest BCUT2D eigenvalue weighted by atomic mass is 10.2. The Bertz CT molecular complexity index is 545. The summed E-state index contributed by atoms with van der Waals surface area (Å²) >= 11 is 3.33. The third kappa shape index (κ3) is 2.74. The van der Waals surface area contributed by atoms with Crippen molar-refractivity contribution >= 4 is 27.7 Å². The molecule has 0 aliphatic heterocycles. The number of carbonyl (C=O) groups is 1. The van der Waals surface area contributed by atoms with Crippen LogP contribution in [0.3, 0.4) is 0 Å². The van der Waals surface area contributed by atoms with E-state index >= 15 is 0 Å². The molecule has 0 radical (unpaired) electrons. The van der Waals surface area contributed by atoms with Gasteiger partial charge in [0.25, 0.3) is 5.91 Å². The van der Waals surface area contributed by atoms with Crippen molar-refractivity contribution in [3.8, 4) is 0 Å². The number of rotatable bonds is 2. The highest BCUT2D eigenvalue weighted by Crippen LogP contribution is 2.13. The summed E-state index contributed by atoms with van der Waals surface area (Å²) < 4.78 is 2.59. The van der Waals surface area contributed by atoms with Gasteiger partial charge in [-0.1, -0.05) is 15.9 Å². The van der Waals surface area contributed by atoms with Gasteiger partial charge in [-0.05, 0) is 31.2 Å². The highest BCUT2D eigenvalue weighted by atomic mass is 79.9. The number of carbonyl (C=O) groups excluding carboxylic acids is 1. The molecule has 0 saturated carbocycles. The van der Waals surface area contributed by atoms with Gasteiger partial charge in [-0.3, -0.25) is 9.48 Å². The maximum Gasteiger partial charge on any atom is 0.256 e. The number of halogens is 1. The summed E-state index contributed by atoms with van der Waals surface area (Å²) in [5, 5.41) is 6.98. The number of amides is 1. The van der Waals surface area contributed by atoms with Crippen molar-refractivity contribution in [3.63, 3.8) is 0 Å². The molecule has 1 aromatic heterocycles. The van der Waals surface area contributed by atoms with Gasteiger partial charge in [0.15, 0.2) is 0 Å². The van der Waals surface area contributed by atoms with Gasteiger partial charge in [-0.2, -0.15) is 5.10 Å². The normalized spacial score (nSPS) is 10.3. The molecular weight excluding hydrogens is 282 g/mol. The van der Waals surface area contributed by atoms with E-state index < -0.39 is 0 Å². The molecule has 1 aromatic carbocycles. The second-order valence-corrected chi connectivity index (χ2v) is 4.67. The minimum absolute atomic E-state index is 0.138. The van der Waals surface area contributed by atoms with E-state index in [4.69, 9.17) is 0 Å². The van der Waals surface area contributed by atoms with Crippen molar-refractivity contribution in [1.29, 1.82) is 0 Å². The van der Waals surface area contributed by atoms with Gasteiger partial charge in [-0.25, -0.2) is 0 Å². The summed E-state index contributed by atoms with van der Waals surface area (Å²) in [5.74, 6) is 0.552. The zero-order valence-electron chi connectivity index (χ0n) is 9.57. The average molecular weight is 294 g/mol. The first-order chi connectivity index (χ1) is 8.06. The molecule has 2 aromatic rings. The zero-order valence-corrected chi connectivity index (χ0v) is 11.2. The standard InChI is InChI=1S/C12H12BrN3O/c1-8-7-11(16(2)15-8)14-12(17)9-3-5-10(13)6-4-9/h3-7H,1-2H3,(H,14,17). The molecule has 0 saturated heterocycles. The minimum Gasteiger partial charge on any atom is -0.307 e. The molecule has 17 heavy (non-hydrogen) atoms. The van der Waals surface area contributed by atoms with Crippen LogP contribution in [0.2, 0.25) is 0 Å². The minimum atomic E-state index is -0.138. The Morgan fingerprint density at radius 1 is 1.35 bits per heavy atom. The lowest BCUT2D eigenvalue weighted by Gasteiger charge is -2.04. The molecule has 0 atom stereocenters. The van der Waals surface area contributed by atoms with Crippen LogP contribution in [0.5, 0.6) is 0 Å². The highest BCUT2D eigenvalue weighted by molar-refractivity contribution is 9.10. The Balaban J connectivity index is 2.17. The van der Waals surface area contributed by atoms with Gasteiger partial charge in [0.1, 0.15) is 5.82 Å². The number of benzene rings is 1. The number of nitrogens with zero attached hydrogens (tertiary/aromatic N) is 2. The van der Waals surface area contributed by atoms with Crippen LogP contribution in [-0.2, 0) is 7.05 Å². The summed E-state index contributed by atoms with van der Waals surface area (Å²) in [6.07, 6.45) is 0. The van der Waals surface area contributed by atoms with Crippen LogP contribution in [0.4, 0.5) is 5.82 Å². The number of aromatic nitrogens is 2. The van der Waals surface area contributed by atoms with Crippen LogP contribution >= 0.6 is 15.9 Å². The lowest BCUT2D eigenvalue weighted by Crippen LogP contribution is -2.14. The third-order valence-corrected chi connectivity index (χ3v) is 2.88. The molecule has 0 aliphatic rings. The number of nitrogens with one attached hydrogen (secondary N) is 1. The predicted octanol–water partition coefficient (Wildman–Crippen LogP) is 2.74. The van der Waals surface area contributed by atoms with E-state index in [9.17, 15) is 4.79 Å². The number of hydrogen-bond acceptors (Lipinski definition) is 2. The van der Waals surface area contributed by atoms with Crippen LogP contribution in [-0.4, -0.2) is 15.7 Å². The maximum absolute atomic E-state index is 11.9. The molecule has 5 heteroatoms. The molecule has 1 amide bonds. The Labute approximate surface area is 108 Å². The number of anilines is 1. The van der Waals surface area contributed by atoms with E-state index in [1.807, 2.05) is 25.1 Å². The lowest BCUT2D eigenvalue weighted by molar-refractivity contribution is 0.102. The third-order valence-electron chi connectivity index (χ3n) is 2.35. The van der Waals surface area contributed by atoms with Crippen LogP contribution in [0.1, 0.15) is 16.1 Å². The van der Waals surface area contributed by atoms with Gasteiger partial charge < -0.3 is 5.32 Å². The Morgan fingerprint density at radius 3 is 2.53 bits per heavy atom. The monoisotopic (exact) mass is 293 g/mol. The average Bonchev–Trinajstić information content (AvgIpc) is 2.58. The van der Waals surface area contributed by atoms with Gasteiger partial charge in [0.2, 0.25) is 0 Å². The molecule has 0 unspecified atom stereocenters. The number of hydrogen-bond donors (Lipinski definition) is 1. The van der Waals surface area contributed by atoms with Crippen LogP contribution < -0.4 is 5.32 Å². The first-order valence-electron chi connectivity index (χ1n) is 5.14. The highest BCUT2D eigenvalue weighted by Gasteiger charge is 2.08. The summed E-state index contributed by atoms with van der Waals surface area (Å²) in [6.45, 7) is 1.88. The predicted molar refractivity (Wildman–Crippen MR) is 70.0 cm³/mol. The van der Waals surface area contributed by atoms with Crippen molar-refractivity contribution in [2.75, 3.05) is 5.32 Å². The SMILES string of the molecule is Cc1cc(NC(=O)c2ccc(Br)cc2)n(C)n1. The zero-order chi connectivity index (χ0) is 12.4. The van der Waals surface area contributed by atoms with Gasteiger partial charge in [0.05, 0.1) is 5.69 Å². The van der Waals surface area contributed by atoms with Crippen LogP contribution in [0.15, 0.2) is 34.8 Å². The van der Waals surface area contributed by atoms with E-state index in [2.05, 4.69) is 26.3 Å². The van der Waals surface area contributed by atoms with E-state index in [1.54, 1.807) is 23.9 Å². The van der Waals surface area contributed by atoms with E-state index in [-0.39, 0.29) is 5.91 Å². The van der Waals surface area contributed by atoms with E-state index in [1.165, 1.54) is 0 Å². The fourth-order valence-electron chi connectivity index (χ4n) is 1.52. The molecule has 0 spiro atoms. The molecule has 0 aliphatic carbocycles. The second kappa shape index (κ2) is 4.71. The topological polar surface area (TPSA) is 46.9 Å². The van der Waals surface area contributed by atoms with Crippen molar-refractivity contribution in [3.05, 3.63) is 46.1 Å². The van der Waals surface area contributed by atoms with Crippen molar-refractivity contribution < 1.29 is 4.79 Å². The molecular formula is C12H12BrN3O. The maximum atomic E-state index is 11.9. The molecule has 88 valence electrons. The second-order valence-electron chi connectivity index (χ2n) is 3.76. The molecule has 1 N–H and O–H groups in total. The molecule has 4 nitrogen and oxygen atoms in total. The van der Waals surface area contributed by atoms with Crippen molar-refractivity contribution in [2.24, 2.45) is 7.05 Å². The summed E-state index contributed by atoms with van der Waals surface area (Å²) in [5.41, 5.74) is 1.49. The summed E-state index contributed by atoms with van der Waals surface area (Å²) in [6, 6.07) is 9.04. The summed E-state index contributed by atoms with van der Waals surface area (Å²) in [7, 11) is 1.80. The molecule has 0 bridgehead atoms. The Kier molecular flexibility index (Phi) is 3.28. The summed E-state index contributed by atoms with van der Waals surface area (Å²) in [4.78, 5) is 11.9. The Hall–Kier alpha value is -1.62. The van der Waals surface area contributed by atoms with E-state index in [0.29, 0.717) is 11.4 Å². The molecule has 0 fully saturated rings. The number of aryl methyl sites for hydroxylation is 2. The van der Waals surface area contributed by atoms with E-state index in [0.717, 1.165) is 10.2 Å². The first-order valence-corrected chi connectivity index (χ1v) is 5.93. The Morgan fingerprint density at radius 2 is 2.00 bits per heavy atom. The smallest absolute Gasteiger partial charge is 0.256 e. The molecule has 2 rings (SSSR count). The van der Waals surface area contributed by atoms with Gasteiger partial charge >= 0.3 is 0 Å². The fraction of sp³-hybridized carbons (Fsp3) is 0.167. The van der Waals surface area contributed by atoms with Crippen molar-refractivity contribution in [2.45, 2.75) is 6.92 Å². The fourth-order valence-corrected chi connectivity index (χ4v) is 1.78. The first kappa shape index (κ1) is 11.9. The molecule has 1 heterocycles. The van der Waals surface area contributed by atoms with Gasteiger partial charge in [0, 0.05) is 23.2 Å². The van der Waals surface area contributed by atoms with Crippen molar-refractivity contribution in [1.82, 2.24) is 9.78 Å². The van der Waals surface area contributed by atoms with Crippen LogP contribution in [0.25, 0.3) is 0 Å². The largest absolute Gasteiger partial charge is 0.307 e. The quantitative estimate of drug-likeness (QED) is 0.925. The van der Waals surface area contributed by atoms with Crippen LogP contribution in [0, 0.1) is 6.92 Å². The van der Waals surface area contributed by atoms with Gasteiger partial charge in [-0.15, -0.1) is 0 Å².